The number of hydrogen-bond donors (Lipinski definition) is 2. The van der Waals surface area contributed by atoms with Crippen molar-refractivity contribution >= 4 is 17.8 Å². The number of carbonyl (C=O) groups excluding carboxylic acids is 3. The lowest BCUT2D eigenvalue weighted by Gasteiger charge is -2.38. The molecule has 1 unspecified atom stereocenters. The second-order valence-corrected chi connectivity index (χ2v) is 9.42. The van der Waals surface area contributed by atoms with Crippen LogP contribution in [0.5, 0.6) is 0 Å². The second-order valence-electron chi connectivity index (χ2n) is 9.42. The highest BCUT2D eigenvalue weighted by Gasteiger charge is 2.34. The van der Waals surface area contributed by atoms with Gasteiger partial charge in [-0.15, -0.1) is 0 Å². The van der Waals surface area contributed by atoms with Crippen LogP contribution in [0.25, 0.3) is 0 Å². The van der Waals surface area contributed by atoms with E-state index in [0.29, 0.717) is 12.2 Å². The molecule has 1 saturated heterocycles. The molecule has 0 spiro atoms. The van der Waals surface area contributed by atoms with Gasteiger partial charge in [-0.05, 0) is 58.9 Å². The Morgan fingerprint density at radius 3 is 2.19 bits per heavy atom. The zero-order valence-electron chi connectivity index (χ0n) is 20.7. The smallest absolute Gasteiger partial charge is 0.333 e. The van der Waals surface area contributed by atoms with E-state index in [9.17, 15) is 14.4 Å². The Kier molecular flexibility index (Phi) is 11.2. The van der Waals surface area contributed by atoms with Crippen molar-refractivity contribution in [1.29, 1.82) is 0 Å². The summed E-state index contributed by atoms with van der Waals surface area (Å²) in [6, 6.07) is -0.892. The van der Waals surface area contributed by atoms with Crippen molar-refractivity contribution < 1.29 is 19.1 Å². The van der Waals surface area contributed by atoms with Crippen LogP contribution < -0.4 is 10.6 Å². The van der Waals surface area contributed by atoms with E-state index in [1.54, 1.807) is 19.9 Å². The second kappa shape index (κ2) is 12.8. The Balaban J connectivity index is 2.93. The predicted molar refractivity (Wildman–Crippen MR) is 123 cm³/mol. The number of carbonyl (C=O) groups is 3. The number of hydrogen-bond acceptors (Lipinski definition) is 5. The Labute approximate surface area is 188 Å². The van der Waals surface area contributed by atoms with E-state index in [0.717, 1.165) is 25.8 Å². The number of amides is 2. The van der Waals surface area contributed by atoms with Gasteiger partial charge in [0.05, 0.1) is 18.7 Å². The zero-order chi connectivity index (χ0) is 23.7. The maximum absolute atomic E-state index is 13.1. The molecule has 178 valence electrons. The molecule has 0 aromatic carbocycles. The number of piperidine rings is 1. The van der Waals surface area contributed by atoms with Crippen LogP contribution >= 0.6 is 0 Å². The van der Waals surface area contributed by atoms with Crippen molar-refractivity contribution in [3.63, 3.8) is 0 Å². The first-order valence-electron chi connectivity index (χ1n) is 11.7. The largest absolute Gasteiger partial charge is 0.463 e. The van der Waals surface area contributed by atoms with Gasteiger partial charge in [0, 0.05) is 11.6 Å². The van der Waals surface area contributed by atoms with Gasteiger partial charge in [0.25, 0.3) is 0 Å². The fourth-order valence-corrected chi connectivity index (χ4v) is 3.88. The summed E-state index contributed by atoms with van der Waals surface area (Å²) in [5, 5.41) is 6.02. The summed E-state index contributed by atoms with van der Waals surface area (Å²) in [4.78, 5) is 40.4. The van der Waals surface area contributed by atoms with Gasteiger partial charge in [-0.25, -0.2) is 4.79 Å². The van der Waals surface area contributed by atoms with E-state index in [-0.39, 0.29) is 47.7 Å². The average Bonchev–Trinajstić information content (AvgIpc) is 2.70. The molecular formula is C24H43N3O4. The summed E-state index contributed by atoms with van der Waals surface area (Å²) < 4.78 is 5.04. The van der Waals surface area contributed by atoms with E-state index >= 15 is 0 Å². The molecule has 2 N–H and O–H groups in total. The number of rotatable bonds is 10. The first-order chi connectivity index (χ1) is 14.5. The normalized spacial score (nSPS) is 20.0. The summed E-state index contributed by atoms with van der Waals surface area (Å²) in [7, 11) is 0. The molecule has 3 atom stereocenters. The standard InChI is InChI=1S/C24H43N3O4/c1-9-31-24(30)18(8)14-19(15(2)3)25-23(29)21(16(4)5)26-22(28)20-12-10-11-13-27(20)17(6)7/h14-17,19-21H,9-13H2,1-8H3,(H,25,29)(H,26,28)/b18-14+/t19-,20?,21+/m1/s1. The molecule has 1 fully saturated rings. The fourth-order valence-electron chi connectivity index (χ4n) is 3.88. The molecule has 31 heavy (non-hydrogen) atoms. The van der Waals surface area contributed by atoms with E-state index < -0.39 is 6.04 Å². The molecule has 1 heterocycles. The lowest BCUT2D eigenvalue weighted by Crippen LogP contribution is -2.58. The minimum atomic E-state index is -0.638. The molecule has 2 amide bonds. The van der Waals surface area contributed by atoms with Gasteiger partial charge in [-0.1, -0.05) is 40.2 Å². The van der Waals surface area contributed by atoms with Crippen molar-refractivity contribution in [2.75, 3.05) is 13.2 Å². The molecular weight excluding hydrogens is 394 g/mol. The minimum absolute atomic E-state index is 0.0667. The lowest BCUT2D eigenvalue weighted by atomic mass is 9.96. The van der Waals surface area contributed by atoms with Crippen LogP contribution in [-0.2, 0) is 19.1 Å². The number of esters is 1. The topological polar surface area (TPSA) is 87.7 Å². The summed E-state index contributed by atoms with van der Waals surface area (Å²) >= 11 is 0. The predicted octanol–water partition coefficient (Wildman–Crippen LogP) is 3.04. The minimum Gasteiger partial charge on any atom is -0.463 e. The summed E-state index contributed by atoms with van der Waals surface area (Å²) in [5.41, 5.74) is 0.459. The van der Waals surface area contributed by atoms with Crippen LogP contribution in [0.4, 0.5) is 0 Å². The highest BCUT2D eigenvalue weighted by molar-refractivity contribution is 5.91. The van der Waals surface area contributed by atoms with Gasteiger partial charge in [0.15, 0.2) is 0 Å². The van der Waals surface area contributed by atoms with Crippen molar-refractivity contribution in [3.05, 3.63) is 11.6 Å². The van der Waals surface area contributed by atoms with Crippen LogP contribution in [0.1, 0.15) is 74.7 Å². The van der Waals surface area contributed by atoms with E-state index in [2.05, 4.69) is 29.4 Å². The van der Waals surface area contributed by atoms with E-state index in [4.69, 9.17) is 4.74 Å². The summed E-state index contributed by atoms with van der Waals surface area (Å²) in [6.45, 7) is 16.7. The van der Waals surface area contributed by atoms with Crippen LogP contribution in [0.3, 0.4) is 0 Å². The Morgan fingerprint density at radius 2 is 1.68 bits per heavy atom. The fraction of sp³-hybridized carbons (Fsp3) is 0.792. The molecule has 1 aliphatic heterocycles. The average molecular weight is 438 g/mol. The van der Waals surface area contributed by atoms with Crippen LogP contribution in [-0.4, -0.2) is 60.0 Å². The van der Waals surface area contributed by atoms with E-state index in [1.807, 2.05) is 27.7 Å². The van der Waals surface area contributed by atoms with Crippen molar-refractivity contribution in [2.45, 2.75) is 98.8 Å². The number of ether oxygens (including phenoxy) is 1. The Bertz CT molecular complexity index is 643. The highest BCUT2D eigenvalue weighted by atomic mass is 16.5. The van der Waals surface area contributed by atoms with Crippen molar-refractivity contribution in [1.82, 2.24) is 15.5 Å². The number of nitrogens with zero attached hydrogens (tertiary/aromatic N) is 1. The summed E-state index contributed by atoms with van der Waals surface area (Å²) in [5.74, 6) is -0.694. The molecule has 0 aromatic heterocycles. The Morgan fingerprint density at radius 1 is 1.03 bits per heavy atom. The van der Waals surface area contributed by atoms with Gasteiger partial charge in [-0.3, -0.25) is 14.5 Å². The maximum atomic E-state index is 13.1. The first kappa shape index (κ1) is 27.1. The number of nitrogens with one attached hydrogen (secondary N) is 2. The molecule has 7 nitrogen and oxygen atoms in total. The van der Waals surface area contributed by atoms with Crippen LogP contribution in [0.2, 0.25) is 0 Å². The molecule has 0 aromatic rings. The van der Waals surface area contributed by atoms with Crippen LogP contribution in [0, 0.1) is 11.8 Å². The molecule has 1 rings (SSSR count). The van der Waals surface area contributed by atoms with Crippen molar-refractivity contribution in [3.8, 4) is 0 Å². The third-order valence-electron chi connectivity index (χ3n) is 5.81. The third kappa shape index (κ3) is 8.28. The maximum Gasteiger partial charge on any atom is 0.333 e. The van der Waals surface area contributed by atoms with Gasteiger partial charge < -0.3 is 15.4 Å². The van der Waals surface area contributed by atoms with Gasteiger partial charge in [-0.2, -0.15) is 0 Å². The van der Waals surface area contributed by atoms with Crippen molar-refractivity contribution in [2.24, 2.45) is 11.8 Å². The highest BCUT2D eigenvalue weighted by Crippen LogP contribution is 2.20. The third-order valence-corrected chi connectivity index (χ3v) is 5.81. The SMILES string of the molecule is CCOC(=O)/C(C)=C/[C@@H](NC(=O)[C@@H](NC(=O)C1CCCCN1C(C)C)C(C)C)C(C)C. The quantitative estimate of drug-likeness (QED) is 0.405. The molecule has 0 saturated carbocycles. The zero-order valence-corrected chi connectivity index (χ0v) is 20.7. The monoisotopic (exact) mass is 437 g/mol. The molecule has 0 radical (unpaired) electrons. The van der Waals surface area contributed by atoms with Gasteiger partial charge >= 0.3 is 5.97 Å². The van der Waals surface area contributed by atoms with Gasteiger partial charge in [0.2, 0.25) is 11.8 Å². The summed E-state index contributed by atoms with van der Waals surface area (Å²) in [6.07, 6.45) is 4.67. The van der Waals surface area contributed by atoms with E-state index in [1.165, 1.54) is 0 Å². The van der Waals surface area contributed by atoms with Gasteiger partial charge in [0.1, 0.15) is 6.04 Å². The molecule has 1 aliphatic rings. The van der Waals surface area contributed by atoms with Crippen LogP contribution in [0.15, 0.2) is 11.6 Å². The first-order valence-corrected chi connectivity index (χ1v) is 11.7. The lowest BCUT2D eigenvalue weighted by molar-refractivity contribution is -0.138. The molecule has 7 heteroatoms. The molecule has 0 aliphatic carbocycles. The molecule has 0 bridgehead atoms. The Hall–Kier alpha value is -1.89. The number of likely N-dealkylation sites (tertiary alicyclic amines) is 1.